The van der Waals surface area contributed by atoms with Crippen molar-refractivity contribution in [1.82, 2.24) is 27.9 Å². The summed E-state index contributed by atoms with van der Waals surface area (Å²) in [5, 5.41) is 18.7. The van der Waals surface area contributed by atoms with Gasteiger partial charge in [-0.25, -0.2) is 44.7 Å². The molecule has 0 radical (unpaired) electrons. The number of hydrogen-bond donors (Lipinski definition) is 4. The van der Waals surface area contributed by atoms with Gasteiger partial charge in [0.05, 0.1) is 30.6 Å². The van der Waals surface area contributed by atoms with E-state index < -0.39 is 27.2 Å². The van der Waals surface area contributed by atoms with Gasteiger partial charge < -0.3 is 21.5 Å². The first-order valence-corrected chi connectivity index (χ1v) is 20.7. The molecule has 0 saturated heterocycles. The van der Waals surface area contributed by atoms with Gasteiger partial charge in [0.15, 0.2) is 11.3 Å². The van der Waals surface area contributed by atoms with Gasteiger partial charge in [-0.1, -0.05) is 60.7 Å². The van der Waals surface area contributed by atoms with Gasteiger partial charge in [-0.15, -0.1) is 0 Å². The number of benzene rings is 4. The van der Waals surface area contributed by atoms with Crippen molar-refractivity contribution in [2.45, 2.75) is 23.6 Å². The Morgan fingerprint density at radius 2 is 1.02 bits per heavy atom. The number of aryl methyl sites for hydroxylation is 2. The fraction of sp³-hybridized carbons (Fsp3) is 0.0526. The molecule has 6 N–H and O–H groups in total. The lowest BCUT2D eigenvalue weighted by Crippen LogP contribution is -2.29. The van der Waals surface area contributed by atoms with Gasteiger partial charge in [-0.2, -0.15) is 0 Å². The van der Waals surface area contributed by atoms with Crippen LogP contribution >= 0.6 is 22.6 Å². The normalized spacial score (nSPS) is 11.4. The highest BCUT2D eigenvalue weighted by atomic mass is 127. The monoisotopic (exact) mass is 900 g/mol. The molecular weight excluding hydrogens is 866 g/mol. The third-order valence-electron chi connectivity index (χ3n) is 8.47. The number of aromatic nitrogens is 6. The van der Waals surface area contributed by atoms with Crippen LogP contribution in [0.5, 0.6) is 0 Å². The third kappa shape index (κ3) is 8.28. The summed E-state index contributed by atoms with van der Waals surface area (Å²) in [5.41, 5.74) is 16.3. The van der Waals surface area contributed by atoms with Crippen molar-refractivity contribution >= 4 is 88.7 Å². The Balaban J connectivity index is 0.000000156. The molecule has 18 heteroatoms. The summed E-state index contributed by atoms with van der Waals surface area (Å²) < 4.78 is 55.3. The van der Waals surface area contributed by atoms with Crippen LogP contribution in [0.4, 0.5) is 11.4 Å². The highest BCUT2D eigenvalue weighted by Crippen LogP contribution is 2.32. The number of hydrogen-bond acceptors (Lipinski definition) is 12. The minimum atomic E-state index is -3.83. The number of halogens is 1. The number of nitrogens with zero attached hydrogens (tertiary/aromatic N) is 6. The number of nitrogen functional groups attached to an aromatic ring is 2. The summed E-state index contributed by atoms with van der Waals surface area (Å²) in [4.78, 5) is 17.1. The van der Waals surface area contributed by atoms with Crippen LogP contribution in [0.1, 0.15) is 11.4 Å². The van der Waals surface area contributed by atoms with Crippen LogP contribution in [0.25, 0.3) is 33.3 Å². The van der Waals surface area contributed by atoms with E-state index in [1.165, 1.54) is 20.6 Å². The SMILES string of the molecule is Cc1ncnc2c1cc(-c1ccc(N)cc1)n2S(=O)(=O)c1ccccc1.Cc1ncnc2c1cc(I)n2S(=O)(=O)c1ccccc1.Nc1ccc(B(O)O)cc1. The summed E-state index contributed by atoms with van der Waals surface area (Å²) in [6, 6.07) is 33.7. The van der Waals surface area contributed by atoms with E-state index in [-0.39, 0.29) is 9.79 Å². The maximum Gasteiger partial charge on any atom is 0.488 e. The van der Waals surface area contributed by atoms with E-state index in [9.17, 15) is 16.8 Å². The molecule has 0 unspecified atom stereocenters. The van der Waals surface area contributed by atoms with Crippen LogP contribution < -0.4 is 16.9 Å². The Bertz CT molecular complexity index is 2860. The molecule has 56 heavy (non-hydrogen) atoms. The Labute approximate surface area is 336 Å². The topological polar surface area (TPSA) is 222 Å². The molecule has 8 aromatic rings. The van der Waals surface area contributed by atoms with Gasteiger partial charge in [-0.05, 0) is 108 Å². The van der Waals surface area contributed by atoms with E-state index >= 15 is 0 Å². The zero-order chi connectivity index (χ0) is 40.2. The van der Waals surface area contributed by atoms with Crippen LogP contribution in [0, 0.1) is 17.5 Å². The third-order valence-corrected chi connectivity index (χ3v) is 13.0. The van der Waals surface area contributed by atoms with Crippen molar-refractivity contribution < 1.29 is 26.9 Å². The Morgan fingerprint density at radius 1 is 0.589 bits per heavy atom. The van der Waals surface area contributed by atoms with Crippen LogP contribution in [0.2, 0.25) is 0 Å². The lowest BCUT2D eigenvalue weighted by Gasteiger charge is -2.11. The molecule has 0 spiro atoms. The minimum absolute atomic E-state index is 0.200. The lowest BCUT2D eigenvalue weighted by molar-refractivity contribution is 0.426. The molecule has 4 heterocycles. The zero-order valence-corrected chi connectivity index (χ0v) is 33.6. The molecule has 0 saturated carbocycles. The van der Waals surface area contributed by atoms with Gasteiger partial charge >= 0.3 is 7.12 Å². The number of nitrogens with two attached hydrogens (primary N) is 2. The van der Waals surface area contributed by atoms with E-state index in [1.54, 1.807) is 121 Å². The molecular formula is C38H34BIN8O6S2. The lowest BCUT2D eigenvalue weighted by atomic mass is 9.80. The summed E-state index contributed by atoms with van der Waals surface area (Å²) in [6.07, 6.45) is 2.76. The van der Waals surface area contributed by atoms with E-state index in [4.69, 9.17) is 21.5 Å². The van der Waals surface area contributed by atoms with E-state index in [0.717, 1.165) is 16.6 Å². The first-order valence-electron chi connectivity index (χ1n) is 16.7. The second-order valence-electron chi connectivity index (χ2n) is 12.2. The summed E-state index contributed by atoms with van der Waals surface area (Å²) >= 11 is 2.00. The summed E-state index contributed by atoms with van der Waals surface area (Å²) in [6.45, 7) is 3.66. The Kier molecular flexibility index (Phi) is 11.9. The second kappa shape index (κ2) is 16.6. The minimum Gasteiger partial charge on any atom is -0.423 e. The maximum absolute atomic E-state index is 13.4. The van der Waals surface area contributed by atoms with Gasteiger partial charge in [0.2, 0.25) is 0 Å². The number of fused-ring (bicyclic) bond motifs is 2. The molecule has 0 fully saturated rings. The highest BCUT2D eigenvalue weighted by Gasteiger charge is 2.26. The van der Waals surface area contributed by atoms with E-state index in [2.05, 4.69) is 19.9 Å². The first-order chi connectivity index (χ1) is 26.7. The predicted molar refractivity (Wildman–Crippen MR) is 226 cm³/mol. The van der Waals surface area contributed by atoms with Gasteiger partial charge in [0.1, 0.15) is 12.7 Å². The van der Waals surface area contributed by atoms with E-state index in [0.29, 0.717) is 48.6 Å². The van der Waals surface area contributed by atoms with Crippen molar-refractivity contribution in [2.75, 3.05) is 11.5 Å². The number of rotatable bonds is 6. The highest BCUT2D eigenvalue weighted by molar-refractivity contribution is 14.1. The number of anilines is 2. The van der Waals surface area contributed by atoms with Crippen LogP contribution in [0.15, 0.2) is 144 Å². The maximum atomic E-state index is 13.4. The van der Waals surface area contributed by atoms with E-state index in [1.807, 2.05) is 36.4 Å². The standard InChI is InChI=1S/C19H16N4O2S.C13H10IN3O2S.C6H8BNO2/c1-13-17-11-18(14-7-9-15(20)10-8-14)23(19(17)22-12-21-13)26(24,25)16-5-3-2-4-6-16;1-9-11-7-12(14)17(13(11)16-8-15-9)20(18,19)10-5-3-2-4-6-10;8-6-3-1-5(2-4-6)7(9)10/h2-12H,20H2,1H3;2-8H,1H3;1-4,9-10H,8H2. The average molecular weight is 901 g/mol. The molecule has 0 bridgehead atoms. The summed E-state index contributed by atoms with van der Waals surface area (Å²) in [5.74, 6) is 0. The summed E-state index contributed by atoms with van der Waals surface area (Å²) in [7, 11) is -8.89. The van der Waals surface area contributed by atoms with Crippen LogP contribution in [-0.2, 0) is 20.0 Å². The van der Waals surface area contributed by atoms with Gasteiger partial charge in [-0.3, -0.25) is 0 Å². The fourth-order valence-electron chi connectivity index (χ4n) is 5.58. The Hall–Kier alpha value is -5.67. The first kappa shape index (κ1) is 40.0. The fourth-order valence-corrected chi connectivity index (χ4v) is 9.77. The van der Waals surface area contributed by atoms with Gasteiger partial charge in [0, 0.05) is 22.1 Å². The van der Waals surface area contributed by atoms with Gasteiger partial charge in [0.25, 0.3) is 20.0 Å². The van der Waals surface area contributed by atoms with Crippen molar-refractivity contribution in [2.24, 2.45) is 0 Å². The molecule has 284 valence electrons. The molecule has 14 nitrogen and oxygen atoms in total. The smallest absolute Gasteiger partial charge is 0.423 e. The van der Waals surface area contributed by atoms with Crippen LogP contribution in [-0.4, -0.2) is 61.9 Å². The molecule has 0 aliphatic heterocycles. The quantitative estimate of drug-likeness (QED) is 0.101. The van der Waals surface area contributed by atoms with Crippen molar-refractivity contribution in [3.05, 3.63) is 149 Å². The molecule has 8 rings (SSSR count). The average Bonchev–Trinajstić information content (AvgIpc) is 3.77. The van der Waals surface area contributed by atoms with Crippen LogP contribution in [0.3, 0.4) is 0 Å². The second-order valence-corrected chi connectivity index (χ2v) is 16.9. The Morgan fingerprint density at radius 3 is 1.50 bits per heavy atom. The predicted octanol–water partition coefficient (Wildman–Crippen LogP) is 4.76. The zero-order valence-electron chi connectivity index (χ0n) is 29.8. The largest absolute Gasteiger partial charge is 0.488 e. The van der Waals surface area contributed by atoms with Crippen molar-refractivity contribution in [3.63, 3.8) is 0 Å². The van der Waals surface area contributed by atoms with Crippen molar-refractivity contribution in [3.8, 4) is 11.3 Å². The molecule has 0 aliphatic rings. The van der Waals surface area contributed by atoms with Crippen molar-refractivity contribution in [1.29, 1.82) is 0 Å². The molecule has 0 aliphatic carbocycles. The molecule has 0 amide bonds. The molecule has 0 atom stereocenters. The molecule has 4 aromatic heterocycles. The molecule has 4 aromatic carbocycles.